The number of benzene rings is 1. The smallest absolute Gasteiger partial charge is 0.408 e. The number of hydrogen-bond donors (Lipinski definition) is 1. The van der Waals surface area contributed by atoms with E-state index in [4.69, 9.17) is 16.3 Å². The number of nitrogens with one attached hydrogen (secondary N) is 1. The molecule has 0 saturated heterocycles. The van der Waals surface area contributed by atoms with Crippen molar-refractivity contribution in [2.45, 2.75) is 38.8 Å². The van der Waals surface area contributed by atoms with Gasteiger partial charge >= 0.3 is 6.09 Å². The number of halogens is 2. The van der Waals surface area contributed by atoms with Crippen LogP contribution in [0.3, 0.4) is 0 Å². The number of ether oxygens (including phenoxy) is 1. The summed E-state index contributed by atoms with van der Waals surface area (Å²) in [6.07, 6.45) is -0.192. The van der Waals surface area contributed by atoms with Gasteiger partial charge in [-0.1, -0.05) is 23.7 Å². The van der Waals surface area contributed by atoms with Crippen LogP contribution in [0.25, 0.3) is 0 Å². The summed E-state index contributed by atoms with van der Waals surface area (Å²) in [4.78, 5) is 22.4. The molecule has 1 rings (SSSR count). The van der Waals surface area contributed by atoms with Gasteiger partial charge in [-0.2, -0.15) is 0 Å². The molecular weight excluding hydrogens is 285 g/mol. The maximum Gasteiger partial charge on any atom is 0.408 e. The number of hydrogen-bond acceptors (Lipinski definition) is 3. The molecular formula is C14H17ClFNO3. The van der Waals surface area contributed by atoms with Crippen LogP contribution >= 0.6 is 11.6 Å². The lowest BCUT2D eigenvalue weighted by Gasteiger charge is -2.23. The minimum Gasteiger partial charge on any atom is -0.444 e. The summed E-state index contributed by atoms with van der Waals surface area (Å²) in [7, 11) is 0. The summed E-state index contributed by atoms with van der Waals surface area (Å²) in [5.74, 6) is -0.655. The molecule has 4 nitrogen and oxygen atoms in total. The molecule has 0 aliphatic heterocycles. The maximum absolute atomic E-state index is 13.9. The first-order chi connectivity index (χ1) is 9.24. The molecule has 0 aromatic heterocycles. The zero-order valence-electron chi connectivity index (χ0n) is 11.6. The highest BCUT2D eigenvalue weighted by Gasteiger charge is 2.23. The van der Waals surface area contributed by atoms with Crippen molar-refractivity contribution >= 4 is 24.0 Å². The van der Waals surface area contributed by atoms with Crippen LogP contribution < -0.4 is 5.32 Å². The minimum absolute atomic E-state index is 0.0654. The van der Waals surface area contributed by atoms with Crippen LogP contribution in [-0.4, -0.2) is 18.0 Å². The number of aldehydes is 1. The number of alkyl carbamates (subject to hydrolysis) is 1. The Kier molecular flexibility index (Phi) is 5.51. The van der Waals surface area contributed by atoms with Crippen molar-refractivity contribution in [2.75, 3.05) is 0 Å². The molecule has 1 N–H and O–H groups in total. The SMILES string of the molecule is CC(C)(C)OC(=O)N[C@@H](CC=O)c1cccc(Cl)c1F. The van der Waals surface area contributed by atoms with E-state index in [0.29, 0.717) is 6.29 Å². The third kappa shape index (κ3) is 4.81. The van der Waals surface area contributed by atoms with Crippen LogP contribution in [0.5, 0.6) is 0 Å². The predicted octanol–water partition coefficient (Wildman–Crippen LogP) is 3.63. The molecule has 0 aliphatic rings. The zero-order chi connectivity index (χ0) is 15.3. The molecule has 0 heterocycles. The summed E-state index contributed by atoms with van der Waals surface area (Å²) >= 11 is 5.69. The Morgan fingerprint density at radius 2 is 2.15 bits per heavy atom. The second kappa shape index (κ2) is 6.70. The van der Waals surface area contributed by atoms with Gasteiger partial charge in [0.1, 0.15) is 17.7 Å². The Balaban J connectivity index is 2.92. The first-order valence-corrected chi connectivity index (χ1v) is 6.49. The molecule has 110 valence electrons. The maximum atomic E-state index is 13.9. The van der Waals surface area contributed by atoms with E-state index in [1.165, 1.54) is 12.1 Å². The van der Waals surface area contributed by atoms with Gasteiger partial charge in [0, 0.05) is 12.0 Å². The number of carbonyl (C=O) groups is 2. The molecule has 0 saturated carbocycles. The van der Waals surface area contributed by atoms with Gasteiger partial charge in [-0.25, -0.2) is 9.18 Å². The topological polar surface area (TPSA) is 55.4 Å². The fourth-order valence-corrected chi connectivity index (χ4v) is 1.78. The van der Waals surface area contributed by atoms with Crippen molar-refractivity contribution in [3.05, 3.63) is 34.6 Å². The molecule has 6 heteroatoms. The Morgan fingerprint density at radius 3 is 2.70 bits per heavy atom. The van der Waals surface area contributed by atoms with E-state index in [2.05, 4.69) is 5.32 Å². The van der Waals surface area contributed by atoms with E-state index in [0.717, 1.165) is 0 Å². The van der Waals surface area contributed by atoms with E-state index in [-0.39, 0.29) is 17.0 Å². The summed E-state index contributed by atoms with van der Waals surface area (Å²) in [5.41, 5.74) is -0.529. The van der Waals surface area contributed by atoms with E-state index in [1.54, 1.807) is 26.8 Å². The molecule has 1 aromatic carbocycles. The largest absolute Gasteiger partial charge is 0.444 e. The summed E-state index contributed by atoms with van der Waals surface area (Å²) in [6, 6.07) is 3.59. The second-order valence-corrected chi connectivity index (χ2v) is 5.65. The van der Waals surface area contributed by atoms with Crippen LogP contribution in [0.4, 0.5) is 9.18 Å². The van der Waals surface area contributed by atoms with Crippen molar-refractivity contribution in [2.24, 2.45) is 0 Å². The quantitative estimate of drug-likeness (QED) is 0.864. The number of rotatable bonds is 4. The minimum atomic E-state index is -0.818. The Labute approximate surface area is 122 Å². The van der Waals surface area contributed by atoms with Crippen molar-refractivity contribution < 1.29 is 18.7 Å². The standard InChI is InChI=1S/C14H17ClFNO3/c1-14(2,3)20-13(19)17-11(7-8-18)9-5-4-6-10(15)12(9)16/h4-6,8,11H,7H2,1-3H3,(H,17,19)/t11-/m0/s1. The summed E-state index contributed by atoms with van der Waals surface area (Å²) in [5, 5.41) is 2.40. The zero-order valence-corrected chi connectivity index (χ0v) is 12.3. The second-order valence-electron chi connectivity index (χ2n) is 5.24. The molecule has 20 heavy (non-hydrogen) atoms. The average Bonchev–Trinajstić information content (AvgIpc) is 2.30. The van der Waals surface area contributed by atoms with Crippen LogP contribution in [0.2, 0.25) is 5.02 Å². The fraction of sp³-hybridized carbons (Fsp3) is 0.429. The van der Waals surface area contributed by atoms with Crippen molar-refractivity contribution in [3.8, 4) is 0 Å². The highest BCUT2D eigenvalue weighted by atomic mass is 35.5. The van der Waals surface area contributed by atoms with Gasteiger partial charge in [0.05, 0.1) is 11.1 Å². The lowest BCUT2D eigenvalue weighted by Crippen LogP contribution is -2.35. The third-order valence-corrected chi connectivity index (χ3v) is 2.67. The van der Waals surface area contributed by atoms with Gasteiger partial charge in [-0.3, -0.25) is 0 Å². The van der Waals surface area contributed by atoms with Gasteiger partial charge in [0.2, 0.25) is 0 Å². The van der Waals surface area contributed by atoms with E-state index in [1.807, 2.05) is 0 Å². The van der Waals surface area contributed by atoms with E-state index in [9.17, 15) is 14.0 Å². The molecule has 1 amide bonds. The number of amides is 1. The highest BCUT2D eigenvalue weighted by molar-refractivity contribution is 6.30. The van der Waals surface area contributed by atoms with Gasteiger partial charge in [-0.15, -0.1) is 0 Å². The summed E-state index contributed by atoms with van der Waals surface area (Å²) in [6.45, 7) is 5.13. The van der Waals surface area contributed by atoms with Crippen LogP contribution in [-0.2, 0) is 9.53 Å². The van der Waals surface area contributed by atoms with Gasteiger partial charge in [0.25, 0.3) is 0 Å². The van der Waals surface area contributed by atoms with Crippen molar-refractivity contribution in [1.82, 2.24) is 5.32 Å². The molecule has 0 bridgehead atoms. The predicted molar refractivity (Wildman–Crippen MR) is 74.2 cm³/mol. The van der Waals surface area contributed by atoms with Crippen molar-refractivity contribution in [1.29, 1.82) is 0 Å². The van der Waals surface area contributed by atoms with Crippen molar-refractivity contribution in [3.63, 3.8) is 0 Å². The normalized spacial score (nSPS) is 12.7. The van der Waals surface area contributed by atoms with E-state index < -0.39 is 23.6 Å². The fourth-order valence-electron chi connectivity index (χ4n) is 1.60. The average molecular weight is 302 g/mol. The number of carbonyl (C=O) groups excluding carboxylic acids is 2. The van der Waals surface area contributed by atoms with Gasteiger partial charge < -0.3 is 14.8 Å². The molecule has 0 spiro atoms. The Hall–Kier alpha value is -1.62. The van der Waals surface area contributed by atoms with Gasteiger partial charge in [-0.05, 0) is 26.8 Å². The van der Waals surface area contributed by atoms with Crippen LogP contribution in [0, 0.1) is 5.82 Å². The van der Waals surface area contributed by atoms with E-state index >= 15 is 0 Å². The molecule has 0 unspecified atom stereocenters. The lowest BCUT2D eigenvalue weighted by molar-refractivity contribution is -0.108. The first-order valence-electron chi connectivity index (χ1n) is 6.11. The molecule has 1 aromatic rings. The monoisotopic (exact) mass is 301 g/mol. The molecule has 0 aliphatic carbocycles. The van der Waals surface area contributed by atoms with Gasteiger partial charge in [0.15, 0.2) is 0 Å². The molecule has 0 fully saturated rings. The Bertz CT molecular complexity index is 500. The molecule has 1 atom stereocenters. The lowest BCUT2D eigenvalue weighted by atomic mass is 10.0. The van der Waals surface area contributed by atoms with Crippen LogP contribution in [0.15, 0.2) is 18.2 Å². The van der Waals surface area contributed by atoms with Crippen LogP contribution in [0.1, 0.15) is 38.8 Å². The summed E-state index contributed by atoms with van der Waals surface area (Å²) < 4.78 is 19.0. The molecule has 0 radical (unpaired) electrons. The first kappa shape index (κ1) is 16.4. The Morgan fingerprint density at radius 1 is 1.50 bits per heavy atom. The third-order valence-electron chi connectivity index (χ3n) is 2.38. The highest BCUT2D eigenvalue weighted by Crippen LogP contribution is 2.25.